The summed E-state index contributed by atoms with van der Waals surface area (Å²) in [5, 5.41) is 0. The van der Waals surface area contributed by atoms with Gasteiger partial charge < -0.3 is 0 Å². The fourth-order valence-electron chi connectivity index (χ4n) is 2.38. The monoisotopic (exact) mass is 312 g/mol. The minimum atomic E-state index is -0.174. The predicted molar refractivity (Wildman–Crippen MR) is 72.5 cm³/mol. The van der Waals surface area contributed by atoms with Crippen molar-refractivity contribution in [1.82, 2.24) is 9.55 Å². The van der Waals surface area contributed by atoms with Crippen molar-refractivity contribution in [2.24, 2.45) is 5.92 Å². The zero-order valence-electron chi connectivity index (χ0n) is 10.5. The number of hydrogen-bond acceptors (Lipinski definition) is 3. The molecule has 1 saturated carbocycles. The molecule has 1 aromatic heterocycles. The number of aromatic nitrogens is 2. The molecule has 4 nitrogen and oxygen atoms in total. The van der Waals surface area contributed by atoms with Crippen LogP contribution in [0.3, 0.4) is 0 Å². The largest absolute Gasteiger partial charge is 0.297 e. The van der Waals surface area contributed by atoms with E-state index in [4.69, 9.17) is 0 Å². The van der Waals surface area contributed by atoms with Gasteiger partial charge in [-0.05, 0) is 35.7 Å². The number of hydrogen-bond donors (Lipinski definition) is 0. The van der Waals surface area contributed by atoms with Crippen LogP contribution in [0.2, 0.25) is 0 Å². The molecule has 0 saturated heterocycles. The third kappa shape index (κ3) is 2.88. The van der Waals surface area contributed by atoms with Crippen molar-refractivity contribution >= 4 is 21.7 Å². The first-order valence-electron chi connectivity index (χ1n) is 6.34. The van der Waals surface area contributed by atoms with Crippen molar-refractivity contribution in [3.8, 4) is 0 Å². The topological polar surface area (TPSA) is 52.0 Å². The average Bonchev–Trinajstić information content (AvgIpc) is 2.40. The number of nitrogens with zero attached hydrogens (tertiary/aromatic N) is 2. The second kappa shape index (κ2) is 5.78. The Morgan fingerprint density at radius 2 is 2.11 bits per heavy atom. The summed E-state index contributed by atoms with van der Waals surface area (Å²) in [7, 11) is 0. The molecule has 1 aliphatic carbocycles. The summed E-state index contributed by atoms with van der Waals surface area (Å²) in [6, 6.07) is 0. The zero-order chi connectivity index (χ0) is 13.1. The Balaban J connectivity index is 2.12. The minimum absolute atomic E-state index is 0.130. The van der Waals surface area contributed by atoms with Crippen LogP contribution in [0.25, 0.3) is 0 Å². The molecule has 1 aromatic rings. The van der Waals surface area contributed by atoms with Gasteiger partial charge in [-0.25, -0.2) is 4.98 Å². The molecule has 1 fully saturated rings. The second-order valence-corrected chi connectivity index (χ2v) is 5.67. The molecule has 0 aliphatic heterocycles. The van der Waals surface area contributed by atoms with Gasteiger partial charge in [0.25, 0.3) is 5.56 Å². The highest BCUT2D eigenvalue weighted by molar-refractivity contribution is 9.10. The van der Waals surface area contributed by atoms with Crippen LogP contribution in [-0.4, -0.2) is 15.3 Å². The highest BCUT2D eigenvalue weighted by atomic mass is 79.9. The van der Waals surface area contributed by atoms with Crippen molar-refractivity contribution in [2.75, 3.05) is 0 Å². The summed E-state index contributed by atoms with van der Waals surface area (Å²) in [6.45, 7) is 1.91. The van der Waals surface area contributed by atoms with Crippen molar-refractivity contribution in [1.29, 1.82) is 0 Å². The van der Waals surface area contributed by atoms with Crippen LogP contribution >= 0.6 is 15.9 Å². The lowest BCUT2D eigenvalue weighted by Gasteiger charge is -2.20. The quantitative estimate of drug-likeness (QED) is 0.861. The molecule has 5 heteroatoms. The Bertz CT molecular complexity index is 504. The highest BCUT2D eigenvalue weighted by Crippen LogP contribution is 2.24. The Hall–Kier alpha value is -0.970. The number of ketones is 1. The van der Waals surface area contributed by atoms with Gasteiger partial charge in [0.15, 0.2) is 5.78 Å². The molecule has 0 aromatic carbocycles. The Morgan fingerprint density at radius 1 is 1.44 bits per heavy atom. The third-order valence-electron chi connectivity index (χ3n) is 3.54. The molecule has 2 rings (SSSR count). The van der Waals surface area contributed by atoms with Crippen LogP contribution in [0.15, 0.2) is 15.6 Å². The molecule has 0 N–H and O–H groups in total. The van der Waals surface area contributed by atoms with Crippen molar-refractivity contribution in [2.45, 2.75) is 45.6 Å². The maximum atomic E-state index is 12.1. The van der Waals surface area contributed by atoms with E-state index in [0.717, 1.165) is 25.7 Å². The van der Waals surface area contributed by atoms with Crippen LogP contribution in [0, 0.1) is 12.8 Å². The molecule has 98 valence electrons. The predicted octanol–water partition coefficient (Wildman–Crippen LogP) is 2.46. The molecule has 1 aliphatic rings. The fourth-order valence-corrected chi connectivity index (χ4v) is 2.71. The van der Waals surface area contributed by atoms with Gasteiger partial charge in [0.05, 0.1) is 18.6 Å². The van der Waals surface area contributed by atoms with Crippen LogP contribution < -0.4 is 5.56 Å². The first kappa shape index (κ1) is 13.5. The zero-order valence-corrected chi connectivity index (χ0v) is 12.1. The Morgan fingerprint density at radius 3 is 2.78 bits per heavy atom. The minimum Gasteiger partial charge on any atom is -0.297 e. The fraction of sp³-hybridized carbons (Fsp3) is 0.615. The molecule has 0 radical (unpaired) electrons. The number of Topliss-reactive ketones (excluding diaryl/α,β-unsaturated/α-hetero) is 1. The number of carbonyl (C=O) groups is 1. The van der Waals surface area contributed by atoms with Gasteiger partial charge in [-0.1, -0.05) is 19.3 Å². The van der Waals surface area contributed by atoms with E-state index in [-0.39, 0.29) is 23.8 Å². The van der Waals surface area contributed by atoms with E-state index in [1.807, 2.05) is 0 Å². The number of carbonyl (C=O) groups excluding carboxylic acids is 1. The summed E-state index contributed by atoms with van der Waals surface area (Å²) < 4.78 is 1.84. The maximum absolute atomic E-state index is 12.1. The Labute approximate surface area is 115 Å². The molecule has 18 heavy (non-hydrogen) atoms. The first-order chi connectivity index (χ1) is 8.59. The van der Waals surface area contributed by atoms with Crippen molar-refractivity contribution in [3.05, 3.63) is 26.8 Å². The van der Waals surface area contributed by atoms with Gasteiger partial charge in [-0.15, -0.1) is 0 Å². The summed E-state index contributed by atoms with van der Waals surface area (Å²) in [6.07, 6.45) is 6.87. The summed E-state index contributed by atoms with van der Waals surface area (Å²) in [4.78, 5) is 28.1. The lowest BCUT2D eigenvalue weighted by Crippen LogP contribution is -2.29. The summed E-state index contributed by atoms with van der Waals surface area (Å²) >= 11 is 3.21. The van der Waals surface area contributed by atoms with Gasteiger partial charge >= 0.3 is 0 Å². The second-order valence-electron chi connectivity index (χ2n) is 4.88. The molecular formula is C13H17BrN2O2. The standard InChI is InChI=1S/C13H17BrN2O2/c1-9-12(14)13(18)16(8-15-9)7-11(17)10-5-3-2-4-6-10/h8,10H,2-7H2,1H3. The Kier molecular flexibility index (Phi) is 4.32. The van der Waals surface area contributed by atoms with Gasteiger partial charge in [0, 0.05) is 5.92 Å². The number of rotatable bonds is 3. The number of halogens is 1. The van der Waals surface area contributed by atoms with Crippen LogP contribution in [0.4, 0.5) is 0 Å². The van der Waals surface area contributed by atoms with E-state index in [0.29, 0.717) is 10.2 Å². The van der Waals surface area contributed by atoms with Crippen LogP contribution in [0.1, 0.15) is 37.8 Å². The first-order valence-corrected chi connectivity index (χ1v) is 7.13. The molecule has 0 unspecified atom stereocenters. The average molecular weight is 313 g/mol. The molecular weight excluding hydrogens is 296 g/mol. The molecule has 0 spiro atoms. The number of aryl methyl sites for hydroxylation is 1. The van der Waals surface area contributed by atoms with E-state index >= 15 is 0 Å². The van der Waals surface area contributed by atoms with E-state index in [1.54, 1.807) is 6.92 Å². The van der Waals surface area contributed by atoms with Crippen molar-refractivity contribution < 1.29 is 4.79 Å². The van der Waals surface area contributed by atoms with Gasteiger partial charge in [-0.2, -0.15) is 0 Å². The summed E-state index contributed by atoms with van der Waals surface area (Å²) in [5.41, 5.74) is 0.480. The van der Waals surface area contributed by atoms with E-state index < -0.39 is 0 Å². The molecule has 1 heterocycles. The van der Waals surface area contributed by atoms with E-state index in [1.165, 1.54) is 17.3 Å². The smallest absolute Gasteiger partial charge is 0.268 e. The van der Waals surface area contributed by atoms with Crippen LogP contribution in [-0.2, 0) is 11.3 Å². The van der Waals surface area contributed by atoms with E-state index in [2.05, 4.69) is 20.9 Å². The molecule has 0 bridgehead atoms. The summed E-state index contributed by atoms with van der Waals surface area (Å²) in [5.74, 6) is 0.292. The molecule has 0 atom stereocenters. The van der Waals surface area contributed by atoms with Gasteiger partial charge in [0.1, 0.15) is 4.47 Å². The van der Waals surface area contributed by atoms with Crippen LogP contribution in [0.5, 0.6) is 0 Å². The van der Waals surface area contributed by atoms with E-state index in [9.17, 15) is 9.59 Å². The molecule has 0 amide bonds. The van der Waals surface area contributed by atoms with Gasteiger partial charge in [-0.3, -0.25) is 14.2 Å². The van der Waals surface area contributed by atoms with Crippen molar-refractivity contribution in [3.63, 3.8) is 0 Å². The maximum Gasteiger partial charge on any atom is 0.268 e. The lowest BCUT2D eigenvalue weighted by molar-refractivity contribution is -0.124. The lowest BCUT2D eigenvalue weighted by atomic mass is 9.86. The SMILES string of the molecule is Cc1ncn(CC(=O)C2CCCCC2)c(=O)c1Br. The highest BCUT2D eigenvalue weighted by Gasteiger charge is 2.21. The van der Waals surface area contributed by atoms with Gasteiger partial charge in [0.2, 0.25) is 0 Å². The third-order valence-corrected chi connectivity index (χ3v) is 4.46. The normalized spacial score (nSPS) is 16.8.